The van der Waals surface area contributed by atoms with E-state index in [1.807, 2.05) is 24.3 Å². The van der Waals surface area contributed by atoms with Gasteiger partial charge in [-0.1, -0.05) is 0 Å². The summed E-state index contributed by atoms with van der Waals surface area (Å²) in [5.41, 5.74) is 12.1. The number of anilines is 3. The van der Waals surface area contributed by atoms with E-state index >= 15 is 0 Å². The standard InChI is InChI=1S/C19H23N5O.ClH/c1-23(2)9-4-10-24-16-8-6-14(20)19-17(16)18(22-24)13-11-12(25-3)5-7-15(13)21-19;/h5-8,11,21H,4,9-10,20H2,1-3H3;1H. The average Bonchev–Trinajstić information content (AvgIpc) is 2.97. The number of fused-ring (bicyclic) bond motifs is 2. The molecule has 0 unspecified atom stereocenters. The molecule has 0 fully saturated rings. The minimum absolute atomic E-state index is 0. The molecule has 0 spiro atoms. The number of halogens is 1. The molecule has 2 heterocycles. The largest absolute Gasteiger partial charge is 0.497 e. The number of methoxy groups -OCH3 is 1. The first-order chi connectivity index (χ1) is 12.1. The molecule has 0 saturated carbocycles. The van der Waals surface area contributed by atoms with E-state index in [1.54, 1.807) is 7.11 Å². The molecule has 1 aliphatic heterocycles. The summed E-state index contributed by atoms with van der Waals surface area (Å²) in [4.78, 5) is 2.19. The fourth-order valence-electron chi connectivity index (χ4n) is 3.41. The van der Waals surface area contributed by atoms with Crippen LogP contribution in [-0.4, -0.2) is 42.4 Å². The van der Waals surface area contributed by atoms with Crippen LogP contribution >= 0.6 is 12.4 Å². The zero-order valence-electron chi connectivity index (χ0n) is 15.2. The molecule has 3 aromatic rings. The summed E-state index contributed by atoms with van der Waals surface area (Å²) in [6.07, 6.45) is 1.04. The number of rotatable bonds is 5. The zero-order chi connectivity index (χ0) is 17.6. The van der Waals surface area contributed by atoms with Crippen LogP contribution < -0.4 is 15.8 Å². The molecule has 0 aliphatic carbocycles. The van der Waals surface area contributed by atoms with Crippen LogP contribution in [0.3, 0.4) is 0 Å². The first kappa shape index (κ1) is 18.4. The molecule has 0 saturated heterocycles. The Hall–Kier alpha value is -2.44. The van der Waals surface area contributed by atoms with Crippen LogP contribution in [-0.2, 0) is 6.54 Å². The van der Waals surface area contributed by atoms with Crippen LogP contribution in [0.4, 0.5) is 17.1 Å². The molecule has 138 valence electrons. The zero-order valence-corrected chi connectivity index (χ0v) is 16.1. The predicted molar refractivity (Wildman–Crippen MR) is 110 cm³/mol. The van der Waals surface area contributed by atoms with E-state index in [9.17, 15) is 0 Å². The third-order valence-electron chi connectivity index (χ3n) is 4.67. The lowest BCUT2D eigenvalue weighted by atomic mass is 9.99. The quantitative estimate of drug-likeness (QED) is 0.522. The van der Waals surface area contributed by atoms with Gasteiger partial charge in [0.05, 0.1) is 29.4 Å². The molecule has 26 heavy (non-hydrogen) atoms. The Morgan fingerprint density at radius 1 is 1.23 bits per heavy atom. The van der Waals surface area contributed by atoms with Gasteiger partial charge >= 0.3 is 0 Å². The van der Waals surface area contributed by atoms with Crippen LogP contribution in [0.2, 0.25) is 0 Å². The van der Waals surface area contributed by atoms with Crippen LogP contribution in [0.15, 0.2) is 30.3 Å². The van der Waals surface area contributed by atoms with E-state index in [2.05, 4.69) is 35.1 Å². The van der Waals surface area contributed by atoms with E-state index < -0.39 is 0 Å². The summed E-state index contributed by atoms with van der Waals surface area (Å²) >= 11 is 0. The molecule has 7 heteroatoms. The highest BCUT2D eigenvalue weighted by atomic mass is 35.5. The number of aryl methyl sites for hydroxylation is 1. The third-order valence-corrected chi connectivity index (χ3v) is 4.67. The van der Waals surface area contributed by atoms with Gasteiger partial charge in [0.15, 0.2) is 0 Å². The lowest BCUT2D eigenvalue weighted by Gasteiger charge is -2.20. The van der Waals surface area contributed by atoms with E-state index in [0.717, 1.165) is 64.5 Å². The van der Waals surface area contributed by atoms with Gasteiger partial charge in [-0.25, -0.2) is 0 Å². The number of hydrogen-bond donors (Lipinski definition) is 2. The van der Waals surface area contributed by atoms with E-state index in [1.165, 1.54) is 0 Å². The van der Waals surface area contributed by atoms with Crippen molar-refractivity contribution in [2.75, 3.05) is 38.8 Å². The second-order valence-corrected chi connectivity index (χ2v) is 6.69. The number of ether oxygens (including phenoxy) is 1. The van der Waals surface area contributed by atoms with E-state index in [0.29, 0.717) is 0 Å². The van der Waals surface area contributed by atoms with Crippen molar-refractivity contribution in [3.63, 3.8) is 0 Å². The second-order valence-electron chi connectivity index (χ2n) is 6.69. The van der Waals surface area contributed by atoms with Crippen molar-refractivity contribution < 1.29 is 4.74 Å². The van der Waals surface area contributed by atoms with Crippen molar-refractivity contribution >= 4 is 40.4 Å². The minimum atomic E-state index is 0. The lowest BCUT2D eigenvalue weighted by molar-refractivity contribution is 0.383. The summed E-state index contributed by atoms with van der Waals surface area (Å²) in [5, 5.41) is 9.48. The summed E-state index contributed by atoms with van der Waals surface area (Å²) in [5.74, 6) is 0.822. The Morgan fingerprint density at radius 3 is 2.77 bits per heavy atom. The molecular weight excluding hydrogens is 350 g/mol. The highest BCUT2D eigenvalue weighted by molar-refractivity contribution is 6.12. The molecule has 2 aromatic carbocycles. The average molecular weight is 374 g/mol. The van der Waals surface area contributed by atoms with Crippen molar-refractivity contribution in [3.8, 4) is 17.0 Å². The number of aromatic nitrogens is 2. The number of nitrogens with two attached hydrogens (primary N) is 1. The summed E-state index contributed by atoms with van der Waals surface area (Å²) in [6.45, 7) is 1.90. The predicted octanol–water partition coefficient (Wildman–Crippen LogP) is 3.72. The van der Waals surface area contributed by atoms with Crippen molar-refractivity contribution in [2.45, 2.75) is 13.0 Å². The van der Waals surface area contributed by atoms with Gasteiger partial charge in [-0.05, 0) is 57.4 Å². The van der Waals surface area contributed by atoms with Gasteiger partial charge in [-0.15, -0.1) is 12.4 Å². The Balaban J connectivity index is 0.00000196. The van der Waals surface area contributed by atoms with Crippen LogP contribution in [0.5, 0.6) is 5.75 Å². The molecular formula is C19H24ClN5O. The first-order valence-corrected chi connectivity index (χ1v) is 8.47. The molecule has 3 N–H and O–H groups in total. The van der Waals surface area contributed by atoms with Gasteiger partial charge in [0, 0.05) is 17.8 Å². The normalized spacial score (nSPS) is 11.8. The van der Waals surface area contributed by atoms with Crippen molar-refractivity contribution in [1.82, 2.24) is 14.7 Å². The number of hydrogen-bond acceptors (Lipinski definition) is 5. The highest BCUT2D eigenvalue weighted by Gasteiger charge is 2.25. The molecule has 1 aliphatic rings. The van der Waals surface area contributed by atoms with Crippen LogP contribution in [0.25, 0.3) is 22.2 Å². The molecule has 0 radical (unpaired) electrons. The van der Waals surface area contributed by atoms with Crippen molar-refractivity contribution in [2.24, 2.45) is 0 Å². The maximum Gasteiger partial charge on any atom is 0.119 e. The molecule has 0 bridgehead atoms. The Bertz CT molecular complexity index is 951. The molecule has 0 atom stereocenters. The maximum absolute atomic E-state index is 6.23. The molecule has 4 rings (SSSR count). The van der Waals surface area contributed by atoms with Gasteiger partial charge in [0.1, 0.15) is 11.4 Å². The Kier molecular flexibility index (Phi) is 4.98. The number of benzene rings is 2. The third kappa shape index (κ3) is 2.95. The number of nitrogens with one attached hydrogen (secondary N) is 1. The number of nitrogens with zero attached hydrogens (tertiary/aromatic N) is 3. The van der Waals surface area contributed by atoms with Gasteiger partial charge < -0.3 is 20.7 Å². The SMILES string of the molecule is COc1ccc2c(c1)-c1nn(CCCN(C)C)c3ccc(N)c(c13)N2.Cl. The fourth-order valence-corrected chi connectivity index (χ4v) is 3.41. The highest BCUT2D eigenvalue weighted by Crippen LogP contribution is 2.46. The topological polar surface area (TPSA) is 68.3 Å². The molecule has 1 aromatic heterocycles. The second kappa shape index (κ2) is 7.05. The minimum Gasteiger partial charge on any atom is -0.497 e. The summed E-state index contributed by atoms with van der Waals surface area (Å²) in [7, 11) is 5.86. The van der Waals surface area contributed by atoms with Gasteiger partial charge in [-0.3, -0.25) is 4.68 Å². The van der Waals surface area contributed by atoms with Crippen molar-refractivity contribution in [1.29, 1.82) is 0 Å². The van der Waals surface area contributed by atoms with Gasteiger partial charge in [0.25, 0.3) is 0 Å². The Labute approximate surface area is 159 Å². The summed E-state index contributed by atoms with van der Waals surface area (Å²) in [6, 6.07) is 10.0. The van der Waals surface area contributed by atoms with Crippen LogP contribution in [0.1, 0.15) is 6.42 Å². The van der Waals surface area contributed by atoms with E-state index in [-0.39, 0.29) is 12.4 Å². The van der Waals surface area contributed by atoms with Crippen molar-refractivity contribution in [3.05, 3.63) is 30.3 Å². The summed E-state index contributed by atoms with van der Waals surface area (Å²) < 4.78 is 7.48. The first-order valence-electron chi connectivity index (χ1n) is 8.47. The lowest BCUT2D eigenvalue weighted by Crippen LogP contribution is -2.15. The smallest absolute Gasteiger partial charge is 0.119 e. The van der Waals surface area contributed by atoms with Gasteiger partial charge in [-0.2, -0.15) is 5.10 Å². The maximum atomic E-state index is 6.23. The molecule has 0 amide bonds. The van der Waals surface area contributed by atoms with E-state index in [4.69, 9.17) is 15.6 Å². The molecule has 6 nitrogen and oxygen atoms in total. The van der Waals surface area contributed by atoms with Gasteiger partial charge in [0.2, 0.25) is 0 Å². The number of nitrogen functional groups attached to an aromatic ring is 1. The van der Waals surface area contributed by atoms with Crippen LogP contribution in [0, 0.1) is 0 Å². The Morgan fingerprint density at radius 2 is 2.04 bits per heavy atom. The fraction of sp³-hybridized carbons (Fsp3) is 0.316. The monoisotopic (exact) mass is 373 g/mol.